The van der Waals surface area contributed by atoms with Crippen LogP contribution in [0.4, 0.5) is 0 Å². The molecule has 16 nitrogen and oxygen atoms in total. The maximum absolute atomic E-state index is 14.6. The van der Waals surface area contributed by atoms with Crippen LogP contribution < -0.4 is 38.1 Å². The van der Waals surface area contributed by atoms with Crippen LogP contribution in [0.15, 0.2) is 108 Å². The van der Waals surface area contributed by atoms with Crippen LogP contribution in [0.25, 0.3) is 10.8 Å². The fourth-order valence-electron chi connectivity index (χ4n) is 8.79. The molecule has 66 heavy (non-hydrogen) atoms. The Morgan fingerprint density at radius 3 is 2.18 bits per heavy atom. The summed E-state index contributed by atoms with van der Waals surface area (Å²) < 4.78 is 0. The first-order chi connectivity index (χ1) is 31.9. The van der Waals surface area contributed by atoms with Crippen molar-refractivity contribution in [3.63, 3.8) is 0 Å². The van der Waals surface area contributed by atoms with Gasteiger partial charge in [-0.05, 0) is 66.0 Å². The van der Waals surface area contributed by atoms with Gasteiger partial charge in [-0.15, -0.1) is 0 Å². The van der Waals surface area contributed by atoms with Gasteiger partial charge in [0.1, 0.15) is 24.2 Å². The molecule has 6 rings (SSSR count). The first-order valence-electron chi connectivity index (χ1n) is 22.7. The molecule has 2 saturated heterocycles. The van der Waals surface area contributed by atoms with Crippen molar-refractivity contribution in [2.24, 2.45) is 22.4 Å². The number of guanidine groups is 1. The molecule has 0 aromatic heterocycles. The molecule has 0 saturated carbocycles. The highest BCUT2D eigenvalue weighted by Gasteiger charge is 2.40. The molecule has 4 aromatic carbocycles. The fourth-order valence-corrected chi connectivity index (χ4v) is 8.79. The highest BCUT2D eigenvalue weighted by Crippen LogP contribution is 2.24. The van der Waals surface area contributed by atoms with Crippen molar-refractivity contribution < 1.29 is 33.6 Å². The first-order valence-corrected chi connectivity index (χ1v) is 22.7. The van der Waals surface area contributed by atoms with Gasteiger partial charge in [0.05, 0.1) is 6.04 Å². The highest BCUT2D eigenvalue weighted by molar-refractivity contribution is 5.98. The van der Waals surface area contributed by atoms with Crippen molar-refractivity contribution >= 4 is 58.0 Å². The lowest BCUT2D eigenvalue weighted by Crippen LogP contribution is -2.59. The lowest BCUT2D eigenvalue weighted by molar-refractivity contribution is -0.142. The molecular formula is C50H61N9O7. The Morgan fingerprint density at radius 2 is 1.45 bits per heavy atom. The minimum absolute atomic E-state index is 0.0774. The minimum Gasteiger partial charge on any atom is -0.370 e. The van der Waals surface area contributed by atoms with Crippen LogP contribution in [0.1, 0.15) is 68.6 Å². The third-order valence-corrected chi connectivity index (χ3v) is 12.1. The van der Waals surface area contributed by atoms with Crippen molar-refractivity contribution in [3.8, 4) is 0 Å². The maximum atomic E-state index is 14.6. The summed E-state index contributed by atoms with van der Waals surface area (Å²) in [5.41, 5.74) is 13.5. The number of aliphatic imine (C=N–C) groups is 1. The average molecular weight is 900 g/mol. The molecule has 4 aromatic rings. The molecule has 0 bridgehead atoms. The zero-order valence-electron chi connectivity index (χ0n) is 37.4. The summed E-state index contributed by atoms with van der Waals surface area (Å²) in [6.45, 7) is 1.85. The number of nitrogens with one attached hydrogen (secondary N) is 5. The van der Waals surface area contributed by atoms with Crippen molar-refractivity contribution in [1.82, 2.24) is 31.5 Å². The predicted octanol–water partition coefficient (Wildman–Crippen LogP) is 2.36. The quantitative estimate of drug-likeness (QED) is 0.0591. The van der Waals surface area contributed by atoms with Crippen molar-refractivity contribution in [1.29, 1.82) is 0 Å². The third kappa shape index (κ3) is 13.7. The molecular weight excluding hydrogens is 839 g/mol. The monoisotopic (exact) mass is 899 g/mol. The second-order valence-corrected chi connectivity index (χ2v) is 17.1. The molecule has 2 aliphatic rings. The number of fused-ring (bicyclic) bond motifs is 2. The Hall–Kier alpha value is -7.10. The molecule has 2 fully saturated rings. The van der Waals surface area contributed by atoms with Crippen LogP contribution in [0, 0.1) is 5.92 Å². The predicted molar refractivity (Wildman–Crippen MR) is 251 cm³/mol. The number of nitrogens with two attached hydrogens (primary N) is 2. The van der Waals surface area contributed by atoms with Crippen LogP contribution in [-0.4, -0.2) is 102 Å². The summed E-state index contributed by atoms with van der Waals surface area (Å²) in [5.74, 6) is -4.39. The van der Waals surface area contributed by atoms with Gasteiger partial charge in [-0.3, -0.25) is 38.6 Å². The van der Waals surface area contributed by atoms with Gasteiger partial charge in [-0.25, -0.2) is 0 Å². The summed E-state index contributed by atoms with van der Waals surface area (Å²) >= 11 is 0. The highest BCUT2D eigenvalue weighted by atomic mass is 16.2. The lowest BCUT2D eigenvalue weighted by Gasteiger charge is -2.31. The maximum Gasteiger partial charge on any atom is 0.245 e. The Kier molecular flexibility index (Phi) is 17.4. The van der Waals surface area contributed by atoms with E-state index >= 15 is 0 Å². The third-order valence-electron chi connectivity index (χ3n) is 12.1. The normalized spacial score (nSPS) is 21.6. The number of ketones is 1. The molecule has 16 heteroatoms. The summed E-state index contributed by atoms with van der Waals surface area (Å²) in [4.78, 5) is 104. The van der Waals surface area contributed by atoms with Crippen LogP contribution in [0.3, 0.4) is 0 Å². The van der Waals surface area contributed by atoms with Crippen molar-refractivity contribution in [2.45, 2.75) is 101 Å². The van der Waals surface area contributed by atoms with Crippen molar-refractivity contribution in [3.05, 3.63) is 120 Å². The number of carbonyl (C=O) groups excluding carboxylic acids is 7. The summed E-state index contributed by atoms with van der Waals surface area (Å²) in [6, 6.07) is 26.4. The Balaban J connectivity index is 1.33. The van der Waals surface area contributed by atoms with E-state index in [9.17, 15) is 33.6 Å². The van der Waals surface area contributed by atoms with Crippen LogP contribution in [-0.2, 0) is 52.8 Å². The first kappa shape index (κ1) is 48.4. The molecule has 9 N–H and O–H groups in total. The number of Topliss-reactive ketones (excluding diaryl/α,β-unsaturated/α-hetero) is 1. The van der Waals surface area contributed by atoms with Gasteiger partial charge in [0.2, 0.25) is 35.4 Å². The smallest absolute Gasteiger partial charge is 0.245 e. The Bertz CT molecular complexity index is 2370. The van der Waals surface area contributed by atoms with E-state index in [1.54, 1.807) is 0 Å². The van der Waals surface area contributed by atoms with Gasteiger partial charge in [0.25, 0.3) is 0 Å². The van der Waals surface area contributed by atoms with E-state index in [2.05, 4.69) is 31.6 Å². The van der Waals surface area contributed by atoms with E-state index < -0.39 is 71.6 Å². The van der Waals surface area contributed by atoms with E-state index in [1.807, 2.05) is 103 Å². The molecule has 0 spiro atoms. The molecule has 0 aliphatic carbocycles. The number of carbonyl (C=O) groups is 7. The lowest BCUT2D eigenvalue weighted by atomic mass is 9.89. The number of amides is 6. The van der Waals surface area contributed by atoms with Crippen LogP contribution in [0.5, 0.6) is 0 Å². The van der Waals surface area contributed by atoms with Gasteiger partial charge in [-0.1, -0.05) is 103 Å². The number of nitrogens with zero attached hydrogens (tertiary/aromatic N) is 2. The molecule has 0 unspecified atom stereocenters. The molecule has 6 atom stereocenters. The van der Waals surface area contributed by atoms with E-state index in [4.69, 9.17) is 11.5 Å². The zero-order chi connectivity index (χ0) is 47.0. The minimum atomic E-state index is -1.16. The summed E-state index contributed by atoms with van der Waals surface area (Å²) in [7, 11) is 0. The number of hydrogen-bond donors (Lipinski definition) is 7. The molecule has 6 amide bonds. The average Bonchev–Trinajstić information content (AvgIpc) is 3.81. The summed E-state index contributed by atoms with van der Waals surface area (Å²) in [5, 5.41) is 16.3. The second-order valence-electron chi connectivity index (χ2n) is 17.1. The molecule has 2 aliphatic heterocycles. The SMILES string of the molecule is CC(=O)N[C@@H](Cc1ccccc1)C(=O)N[C@H]1CCCNC(=O)[C@H](CCCN=C(N)N)CC(=O)[C@H](Cc2cccc3ccccc23)NC(=O)[C@@H](Cc2ccccc2)NC(=O)[C@@H]2CCCN2C1=O. The van der Waals surface area contributed by atoms with E-state index in [0.29, 0.717) is 19.3 Å². The van der Waals surface area contributed by atoms with E-state index in [1.165, 1.54) is 11.8 Å². The van der Waals surface area contributed by atoms with Gasteiger partial charge < -0.3 is 43.0 Å². The van der Waals surface area contributed by atoms with E-state index in [-0.39, 0.29) is 76.3 Å². The molecule has 0 radical (unpaired) electrons. The summed E-state index contributed by atoms with van der Waals surface area (Å²) in [6.07, 6.45) is 1.88. The Morgan fingerprint density at radius 1 is 0.773 bits per heavy atom. The van der Waals surface area contributed by atoms with Crippen molar-refractivity contribution in [2.75, 3.05) is 19.6 Å². The van der Waals surface area contributed by atoms with Crippen LogP contribution >= 0.6 is 0 Å². The number of benzene rings is 4. The van der Waals surface area contributed by atoms with Gasteiger partial charge in [-0.2, -0.15) is 0 Å². The zero-order valence-corrected chi connectivity index (χ0v) is 37.4. The largest absolute Gasteiger partial charge is 0.370 e. The topological polar surface area (TPSA) is 247 Å². The fraction of sp³-hybridized carbons (Fsp3) is 0.400. The van der Waals surface area contributed by atoms with Crippen LogP contribution in [0.2, 0.25) is 0 Å². The van der Waals surface area contributed by atoms with Gasteiger partial charge >= 0.3 is 0 Å². The Labute approximate surface area is 385 Å². The number of hydrogen-bond acceptors (Lipinski definition) is 8. The van der Waals surface area contributed by atoms with Gasteiger partial charge in [0, 0.05) is 58.2 Å². The second kappa shape index (κ2) is 23.7. The number of rotatable bonds is 13. The molecule has 2 heterocycles. The molecule has 348 valence electrons. The standard InChI is InChI=1S/C50H61N9O7/c1-32(60)55-41(28-33-14-4-2-5-15-33)46(63)56-39-23-12-25-53-45(62)37(21-11-26-54-50(51)52)31-44(61)40(30-36-20-10-19-35-18-8-9-22-38(35)36)57-47(64)42(29-34-16-6-3-7-17-34)58-48(65)43-24-13-27-59(43)49(39)66/h2-10,14-20,22,37,39-43H,11-13,21,23-31H2,1H3,(H,53,62)(H,55,60)(H,56,63)(H,57,64)(H,58,65)(H4,51,52,54)/t37-,39+,40+,41+,42-,43+/m1/s1. The van der Waals surface area contributed by atoms with Gasteiger partial charge in [0.15, 0.2) is 11.7 Å². The van der Waals surface area contributed by atoms with E-state index in [0.717, 1.165) is 27.5 Å².